The van der Waals surface area contributed by atoms with E-state index in [0.717, 1.165) is 0 Å². The second-order valence-corrected chi connectivity index (χ2v) is 7.28. The van der Waals surface area contributed by atoms with Crippen molar-refractivity contribution in [1.29, 1.82) is 0 Å². The van der Waals surface area contributed by atoms with E-state index in [1.54, 1.807) is 11.0 Å². The number of amides is 1. The Morgan fingerprint density at radius 3 is 2.41 bits per heavy atom. The normalized spacial score (nSPS) is 16.6. The number of ether oxygens (including phenoxy) is 1. The third kappa shape index (κ3) is 3.53. The van der Waals surface area contributed by atoms with E-state index in [1.165, 1.54) is 23.4 Å². The number of nitrogens with zero attached hydrogens (tertiary/aromatic N) is 2. The molecule has 0 aliphatic carbocycles. The summed E-state index contributed by atoms with van der Waals surface area (Å²) in [6.07, 6.45) is 0. The van der Waals surface area contributed by atoms with E-state index >= 15 is 0 Å². The number of hydrogen-bond acceptors (Lipinski definition) is 4. The van der Waals surface area contributed by atoms with Gasteiger partial charge >= 0.3 is 0 Å². The predicted octanol–water partition coefficient (Wildman–Crippen LogP) is 1.59. The first-order valence-electron chi connectivity index (χ1n) is 7.04. The molecule has 6 nitrogen and oxygen atoms in total. The highest BCUT2D eigenvalue weighted by molar-refractivity contribution is 7.89. The minimum Gasteiger partial charge on any atom is -0.492 e. The van der Waals surface area contributed by atoms with Crippen LogP contribution in [0.2, 0.25) is 5.02 Å². The number of rotatable bonds is 4. The van der Waals surface area contributed by atoms with Gasteiger partial charge in [0, 0.05) is 33.1 Å². The number of piperazine rings is 1. The molecule has 0 aromatic heterocycles. The van der Waals surface area contributed by atoms with Crippen molar-refractivity contribution < 1.29 is 17.9 Å². The summed E-state index contributed by atoms with van der Waals surface area (Å²) in [4.78, 5) is 13.1. The van der Waals surface area contributed by atoms with Gasteiger partial charge in [0.2, 0.25) is 15.9 Å². The minimum absolute atomic E-state index is 0.0406. The largest absolute Gasteiger partial charge is 0.492 e. The van der Waals surface area contributed by atoms with Gasteiger partial charge in [-0.05, 0) is 25.1 Å². The standard InChI is InChI=1S/C14H19ClN2O4S/c1-3-21-14-5-4-12(10-13(14)15)22(19,20)17-8-6-16(7-9-17)11(2)18/h4-5,10H,3,6-9H2,1-2H3. The molecule has 122 valence electrons. The molecule has 0 spiro atoms. The van der Waals surface area contributed by atoms with Crippen LogP contribution in [0.1, 0.15) is 13.8 Å². The summed E-state index contributed by atoms with van der Waals surface area (Å²) in [6, 6.07) is 4.45. The summed E-state index contributed by atoms with van der Waals surface area (Å²) >= 11 is 6.06. The molecule has 8 heteroatoms. The monoisotopic (exact) mass is 346 g/mol. The number of carbonyl (C=O) groups is 1. The van der Waals surface area contributed by atoms with E-state index in [2.05, 4.69) is 0 Å². The molecule has 2 rings (SSSR count). The van der Waals surface area contributed by atoms with Crippen LogP contribution in [0.25, 0.3) is 0 Å². The fraction of sp³-hybridized carbons (Fsp3) is 0.500. The van der Waals surface area contributed by atoms with Gasteiger partial charge in [-0.3, -0.25) is 4.79 Å². The Morgan fingerprint density at radius 2 is 1.91 bits per heavy atom. The molecular formula is C14H19ClN2O4S. The number of benzene rings is 1. The molecule has 0 N–H and O–H groups in total. The average Bonchev–Trinajstić information content (AvgIpc) is 2.49. The van der Waals surface area contributed by atoms with Gasteiger partial charge in [-0.1, -0.05) is 11.6 Å². The van der Waals surface area contributed by atoms with Crippen LogP contribution in [-0.4, -0.2) is 56.3 Å². The molecule has 0 saturated carbocycles. The van der Waals surface area contributed by atoms with Gasteiger partial charge < -0.3 is 9.64 Å². The van der Waals surface area contributed by atoms with Gasteiger partial charge in [0.1, 0.15) is 5.75 Å². The minimum atomic E-state index is -3.61. The lowest BCUT2D eigenvalue weighted by Gasteiger charge is -2.33. The molecule has 0 unspecified atom stereocenters. The highest BCUT2D eigenvalue weighted by atomic mass is 35.5. The molecule has 1 fully saturated rings. The maximum Gasteiger partial charge on any atom is 0.243 e. The number of halogens is 1. The molecule has 0 bridgehead atoms. The fourth-order valence-corrected chi connectivity index (χ4v) is 4.06. The molecule has 22 heavy (non-hydrogen) atoms. The summed E-state index contributed by atoms with van der Waals surface area (Å²) in [5, 5.41) is 0.269. The second kappa shape index (κ2) is 6.85. The Labute approximate surface area is 135 Å². The van der Waals surface area contributed by atoms with Gasteiger partial charge in [-0.25, -0.2) is 8.42 Å². The van der Waals surface area contributed by atoms with Gasteiger partial charge in [-0.15, -0.1) is 0 Å². The summed E-state index contributed by atoms with van der Waals surface area (Å²) in [6.45, 7) is 5.14. The molecule has 1 amide bonds. The van der Waals surface area contributed by atoms with Crippen molar-refractivity contribution in [2.45, 2.75) is 18.7 Å². The van der Waals surface area contributed by atoms with Crippen LogP contribution >= 0.6 is 11.6 Å². The van der Waals surface area contributed by atoms with Crippen molar-refractivity contribution in [1.82, 2.24) is 9.21 Å². The summed E-state index contributed by atoms with van der Waals surface area (Å²) in [5.41, 5.74) is 0. The molecule has 0 radical (unpaired) electrons. The maximum absolute atomic E-state index is 12.6. The zero-order chi connectivity index (χ0) is 16.3. The van der Waals surface area contributed by atoms with E-state index in [9.17, 15) is 13.2 Å². The third-order valence-corrected chi connectivity index (χ3v) is 5.71. The maximum atomic E-state index is 12.6. The Kier molecular flexibility index (Phi) is 5.31. The van der Waals surface area contributed by atoms with Crippen LogP contribution < -0.4 is 4.74 Å². The average molecular weight is 347 g/mol. The smallest absolute Gasteiger partial charge is 0.243 e. The number of carbonyl (C=O) groups excluding carboxylic acids is 1. The Bertz CT molecular complexity index is 655. The lowest BCUT2D eigenvalue weighted by atomic mass is 10.3. The van der Waals surface area contributed by atoms with Crippen molar-refractivity contribution in [3.05, 3.63) is 23.2 Å². The lowest BCUT2D eigenvalue weighted by molar-refractivity contribution is -0.129. The first-order chi connectivity index (χ1) is 10.4. The third-order valence-electron chi connectivity index (χ3n) is 3.52. The molecule has 1 aromatic carbocycles. The molecule has 1 aliphatic heterocycles. The van der Waals surface area contributed by atoms with Crippen molar-refractivity contribution >= 4 is 27.5 Å². The van der Waals surface area contributed by atoms with E-state index < -0.39 is 10.0 Å². The first kappa shape index (κ1) is 17.1. The summed E-state index contributed by atoms with van der Waals surface area (Å²) in [5.74, 6) is 0.422. The number of hydrogen-bond donors (Lipinski definition) is 0. The summed E-state index contributed by atoms with van der Waals surface area (Å²) in [7, 11) is -3.61. The van der Waals surface area contributed by atoms with Crippen LogP contribution in [0.5, 0.6) is 5.75 Å². The quantitative estimate of drug-likeness (QED) is 0.830. The van der Waals surface area contributed by atoms with Crippen molar-refractivity contribution in [3.8, 4) is 5.75 Å². The van der Waals surface area contributed by atoms with Crippen LogP contribution in [0.4, 0.5) is 0 Å². The van der Waals surface area contributed by atoms with E-state index in [0.29, 0.717) is 25.4 Å². The number of sulfonamides is 1. The molecule has 1 aromatic rings. The Balaban J connectivity index is 2.17. The molecule has 1 heterocycles. The zero-order valence-electron chi connectivity index (χ0n) is 12.6. The Morgan fingerprint density at radius 1 is 1.27 bits per heavy atom. The van der Waals surface area contributed by atoms with E-state index in [1.807, 2.05) is 6.92 Å². The zero-order valence-corrected chi connectivity index (χ0v) is 14.2. The summed E-state index contributed by atoms with van der Waals surface area (Å²) < 4.78 is 31.9. The highest BCUT2D eigenvalue weighted by Gasteiger charge is 2.29. The molecule has 1 saturated heterocycles. The van der Waals surface area contributed by atoms with Gasteiger partial charge in [0.15, 0.2) is 0 Å². The van der Waals surface area contributed by atoms with Crippen molar-refractivity contribution in [2.75, 3.05) is 32.8 Å². The highest BCUT2D eigenvalue weighted by Crippen LogP contribution is 2.29. The second-order valence-electron chi connectivity index (χ2n) is 4.94. The molecule has 1 aliphatic rings. The van der Waals surface area contributed by atoms with Gasteiger partial charge in [-0.2, -0.15) is 4.31 Å². The van der Waals surface area contributed by atoms with Crippen LogP contribution in [0.15, 0.2) is 23.1 Å². The molecular weight excluding hydrogens is 328 g/mol. The fourth-order valence-electron chi connectivity index (χ4n) is 2.31. The van der Waals surface area contributed by atoms with E-state index in [-0.39, 0.29) is 28.9 Å². The van der Waals surface area contributed by atoms with Crippen molar-refractivity contribution in [3.63, 3.8) is 0 Å². The predicted molar refractivity (Wildman–Crippen MR) is 83.6 cm³/mol. The van der Waals surface area contributed by atoms with Gasteiger partial charge in [0.05, 0.1) is 16.5 Å². The topological polar surface area (TPSA) is 66.9 Å². The van der Waals surface area contributed by atoms with Crippen LogP contribution in [0, 0.1) is 0 Å². The van der Waals surface area contributed by atoms with Crippen LogP contribution in [0.3, 0.4) is 0 Å². The lowest BCUT2D eigenvalue weighted by Crippen LogP contribution is -2.49. The SMILES string of the molecule is CCOc1ccc(S(=O)(=O)N2CCN(C(C)=O)CC2)cc1Cl. The van der Waals surface area contributed by atoms with Crippen molar-refractivity contribution in [2.24, 2.45) is 0 Å². The van der Waals surface area contributed by atoms with Crippen LogP contribution in [-0.2, 0) is 14.8 Å². The first-order valence-corrected chi connectivity index (χ1v) is 8.86. The van der Waals surface area contributed by atoms with Gasteiger partial charge in [0.25, 0.3) is 0 Å². The molecule has 0 atom stereocenters. The van der Waals surface area contributed by atoms with E-state index in [4.69, 9.17) is 16.3 Å². The Hall–Kier alpha value is -1.31.